The van der Waals surface area contributed by atoms with Crippen LogP contribution in [0.25, 0.3) is 0 Å². The van der Waals surface area contributed by atoms with Crippen LogP contribution in [0, 0.1) is 0 Å². The standard InChI is InChI=1S/C15H25N3O2/c1-12(15(19)17-11-14-7-5-9-20-14)18-8-4-3-6-13(18)10-16-2/h5,7,9,12-13,16H,3-4,6,8,10-11H2,1-2H3,(H,17,19). The van der Waals surface area contributed by atoms with Gasteiger partial charge < -0.3 is 15.1 Å². The molecule has 1 amide bonds. The Hall–Kier alpha value is -1.33. The zero-order valence-corrected chi connectivity index (χ0v) is 12.4. The van der Waals surface area contributed by atoms with Gasteiger partial charge in [-0.05, 0) is 45.5 Å². The Kier molecular flexibility index (Phi) is 5.61. The van der Waals surface area contributed by atoms with Crippen LogP contribution < -0.4 is 10.6 Å². The Bertz CT molecular complexity index is 403. The van der Waals surface area contributed by atoms with E-state index >= 15 is 0 Å². The summed E-state index contributed by atoms with van der Waals surface area (Å²) in [6.07, 6.45) is 5.22. The van der Waals surface area contributed by atoms with Crippen molar-refractivity contribution in [3.63, 3.8) is 0 Å². The fourth-order valence-electron chi connectivity index (χ4n) is 2.87. The second kappa shape index (κ2) is 7.45. The first-order chi connectivity index (χ1) is 9.72. The van der Waals surface area contributed by atoms with Gasteiger partial charge in [-0.15, -0.1) is 0 Å². The summed E-state index contributed by atoms with van der Waals surface area (Å²) in [4.78, 5) is 14.6. The van der Waals surface area contributed by atoms with Gasteiger partial charge in [-0.2, -0.15) is 0 Å². The van der Waals surface area contributed by atoms with Gasteiger partial charge in [0.2, 0.25) is 5.91 Å². The van der Waals surface area contributed by atoms with Crippen LogP contribution in [0.5, 0.6) is 0 Å². The molecule has 2 rings (SSSR count). The third-order valence-electron chi connectivity index (χ3n) is 4.01. The predicted molar refractivity (Wildman–Crippen MR) is 78.3 cm³/mol. The van der Waals surface area contributed by atoms with E-state index in [2.05, 4.69) is 15.5 Å². The summed E-state index contributed by atoms with van der Waals surface area (Å²) in [6, 6.07) is 4.07. The number of piperidine rings is 1. The summed E-state index contributed by atoms with van der Waals surface area (Å²) in [5.41, 5.74) is 0. The van der Waals surface area contributed by atoms with Crippen molar-refractivity contribution in [1.82, 2.24) is 15.5 Å². The van der Waals surface area contributed by atoms with E-state index in [4.69, 9.17) is 4.42 Å². The Morgan fingerprint density at radius 2 is 2.40 bits per heavy atom. The zero-order chi connectivity index (χ0) is 14.4. The number of nitrogens with one attached hydrogen (secondary N) is 2. The van der Waals surface area contributed by atoms with E-state index in [1.54, 1.807) is 6.26 Å². The van der Waals surface area contributed by atoms with Crippen molar-refractivity contribution in [1.29, 1.82) is 0 Å². The van der Waals surface area contributed by atoms with E-state index in [0.717, 1.165) is 25.3 Å². The third kappa shape index (κ3) is 3.84. The Morgan fingerprint density at radius 3 is 3.10 bits per heavy atom. The van der Waals surface area contributed by atoms with Crippen molar-refractivity contribution in [2.75, 3.05) is 20.1 Å². The number of carbonyl (C=O) groups is 1. The van der Waals surface area contributed by atoms with Crippen LogP contribution in [0.1, 0.15) is 31.9 Å². The number of likely N-dealkylation sites (N-methyl/N-ethyl adjacent to an activating group) is 1. The zero-order valence-electron chi connectivity index (χ0n) is 12.4. The molecule has 5 nitrogen and oxygen atoms in total. The molecule has 112 valence electrons. The number of likely N-dealkylation sites (tertiary alicyclic amines) is 1. The number of nitrogens with zero attached hydrogens (tertiary/aromatic N) is 1. The average Bonchev–Trinajstić information content (AvgIpc) is 2.98. The van der Waals surface area contributed by atoms with Crippen LogP contribution in [0.2, 0.25) is 0 Å². The Labute approximate surface area is 120 Å². The lowest BCUT2D eigenvalue weighted by molar-refractivity contribution is -0.127. The number of hydrogen-bond acceptors (Lipinski definition) is 4. The minimum absolute atomic E-state index is 0.0735. The first kappa shape index (κ1) is 15.1. The van der Waals surface area contributed by atoms with E-state index in [1.165, 1.54) is 12.8 Å². The largest absolute Gasteiger partial charge is 0.467 e. The number of furan rings is 1. The molecule has 2 atom stereocenters. The van der Waals surface area contributed by atoms with Crippen molar-refractivity contribution in [2.45, 2.75) is 44.8 Å². The molecule has 0 aromatic carbocycles. The first-order valence-corrected chi connectivity index (χ1v) is 7.43. The van der Waals surface area contributed by atoms with Gasteiger partial charge in [0.25, 0.3) is 0 Å². The summed E-state index contributed by atoms with van der Waals surface area (Å²) in [7, 11) is 1.97. The van der Waals surface area contributed by atoms with E-state index in [-0.39, 0.29) is 11.9 Å². The molecule has 0 radical (unpaired) electrons. The van der Waals surface area contributed by atoms with Crippen molar-refractivity contribution < 1.29 is 9.21 Å². The van der Waals surface area contributed by atoms with Crippen molar-refractivity contribution in [3.05, 3.63) is 24.2 Å². The molecule has 20 heavy (non-hydrogen) atoms. The number of rotatable bonds is 6. The van der Waals surface area contributed by atoms with Gasteiger partial charge in [0.15, 0.2) is 0 Å². The van der Waals surface area contributed by atoms with Crippen LogP contribution >= 0.6 is 0 Å². The molecule has 2 heterocycles. The highest BCUT2D eigenvalue weighted by molar-refractivity contribution is 5.81. The maximum Gasteiger partial charge on any atom is 0.237 e. The fourth-order valence-corrected chi connectivity index (χ4v) is 2.87. The summed E-state index contributed by atoms with van der Waals surface area (Å²) >= 11 is 0. The second-order valence-corrected chi connectivity index (χ2v) is 5.42. The maximum absolute atomic E-state index is 12.3. The maximum atomic E-state index is 12.3. The van der Waals surface area contributed by atoms with Crippen molar-refractivity contribution in [3.8, 4) is 0 Å². The smallest absolute Gasteiger partial charge is 0.237 e. The first-order valence-electron chi connectivity index (χ1n) is 7.43. The van der Waals surface area contributed by atoms with Gasteiger partial charge in [0.05, 0.1) is 18.8 Å². The highest BCUT2D eigenvalue weighted by atomic mass is 16.3. The average molecular weight is 279 g/mol. The monoisotopic (exact) mass is 279 g/mol. The van der Waals surface area contributed by atoms with Crippen LogP contribution in [-0.4, -0.2) is 43.0 Å². The molecule has 1 aromatic heterocycles. The van der Waals surface area contributed by atoms with Crippen LogP contribution in [0.3, 0.4) is 0 Å². The minimum atomic E-state index is -0.0939. The van der Waals surface area contributed by atoms with E-state index < -0.39 is 0 Å². The molecular weight excluding hydrogens is 254 g/mol. The number of hydrogen-bond donors (Lipinski definition) is 2. The van der Waals surface area contributed by atoms with Crippen LogP contribution in [0.15, 0.2) is 22.8 Å². The SMILES string of the molecule is CNCC1CCCCN1C(C)C(=O)NCc1ccco1. The molecule has 0 saturated carbocycles. The van der Waals surface area contributed by atoms with E-state index in [1.807, 2.05) is 26.1 Å². The molecule has 2 unspecified atom stereocenters. The van der Waals surface area contributed by atoms with Crippen LogP contribution in [0.4, 0.5) is 0 Å². The number of carbonyl (C=O) groups excluding carboxylic acids is 1. The highest BCUT2D eigenvalue weighted by Crippen LogP contribution is 2.19. The summed E-state index contributed by atoms with van der Waals surface area (Å²) < 4.78 is 5.23. The lowest BCUT2D eigenvalue weighted by atomic mass is 9.99. The molecule has 1 aliphatic heterocycles. The molecular formula is C15H25N3O2. The molecule has 1 saturated heterocycles. The quantitative estimate of drug-likeness (QED) is 0.825. The van der Waals surface area contributed by atoms with Gasteiger partial charge in [-0.3, -0.25) is 9.69 Å². The molecule has 2 N–H and O–H groups in total. The normalized spacial score (nSPS) is 21.6. The van der Waals surface area contributed by atoms with E-state index in [9.17, 15) is 4.79 Å². The molecule has 1 aliphatic rings. The van der Waals surface area contributed by atoms with Crippen molar-refractivity contribution >= 4 is 5.91 Å². The predicted octanol–water partition coefficient (Wildman–Crippen LogP) is 1.36. The minimum Gasteiger partial charge on any atom is -0.467 e. The molecule has 0 spiro atoms. The fraction of sp³-hybridized carbons (Fsp3) is 0.667. The summed E-state index contributed by atoms with van der Waals surface area (Å²) in [5, 5.41) is 6.18. The Morgan fingerprint density at radius 1 is 1.55 bits per heavy atom. The number of amides is 1. The third-order valence-corrected chi connectivity index (χ3v) is 4.01. The van der Waals surface area contributed by atoms with Crippen LogP contribution in [-0.2, 0) is 11.3 Å². The summed E-state index contributed by atoms with van der Waals surface area (Å²) in [6.45, 7) is 4.39. The molecule has 5 heteroatoms. The lowest BCUT2D eigenvalue weighted by Gasteiger charge is -2.39. The topological polar surface area (TPSA) is 57.5 Å². The molecule has 1 fully saturated rings. The summed E-state index contributed by atoms with van der Waals surface area (Å²) in [5.74, 6) is 0.861. The van der Waals surface area contributed by atoms with Crippen molar-refractivity contribution in [2.24, 2.45) is 0 Å². The van der Waals surface area contributed by atoms with Gasteiger partial charge in [0, 0.05) is 12.6 Å². The van der Waals surface area contributed by atoms with E-state index in [0.29, 0.717) is 12.6 Å². The molecule has 0 aliphatic carbocycles. The van der Waals surface area contributed by atoms with Gasteiger partial charge >= 0.3 is 0 Å². The highest BCUT2D eigenvalue weighted by Gasteiger charge is 2.29. The second-order valence-electron chi connectivity index (χ2n) is 5.42. The van der Waals surface area contributed by atoms with Gasteiger partial charge in [-0.1, -0.05) is 6.42 Å². The van der Waals surface area contributed by atoms with Gasteiger partial charge in [-0.25, -0.2) is 0 Å². The lowest BCUT2D eigenvalue weighted by Crippen LogP contribution is -2.54. The molecule has 0 bridgehead atoms. The Balaban J connectivity index is 1.87. The van der Waals surface area contributed by atoms with Gasteiger partial charge in [0.1, 0.15) is 5.76 Å². The molecule has 1 aromatic rings.